The Balaban J connectivity index is 1.30. The highest BCUT2D eigenvalue weighted by atomic mass is 16.6. The lowest BCUT2D eigenvalue weighted by molar-refractivity contribution is -0.141. The van der Waals surface area contributed by atoms with Crippen LogP contribution >= 0.6 is 0 Å². The van der Waals surface area contributed by atoms with Gasteiger partial charge in [0.25, 0.3) is 0 Å². The second kappa shape index (κ2) is 8.38. The molecule has 1 amide bonds. The van der Waals surface area contributed by atoms with Crippen LogP contribution in [0.1, 0.15) is 23.5 Å². The number of fused-ring (bicyclic) bond motifs is 3. The number of amides is 1. The van der Waals surface area contributed by atoms with Gasteiger partial charge in [-0.1, -0.05) is 66.7 Å². The van der Waals surface area contributed by atoms with Crippen molar-refractivity contribution < 1.29 is 24.2 Å². The number of nitrogens with zero attached hydrogens (tertiary/aromatic N) is 1. The molecule has 1 aliphatic carbocycles. The first-order valence-electron chi connectivity index (χ1n) is 10.7. The number of carboxylic acids is 1. The van der Waals surface area contributed by atoms with E-state index in [0.717, 1.165) is 22.3 Å². The van der Waals surface area contributed by atoms with Gasteiger partial charge in [-0.2, -0.15) is 0 Å². The fourth-order valence-electron chi connectivity index (χ4n) is 4.69. The van der Waals surface area contributed by atoms with Crippen molar-refractivity contribution in [2.45, 2.75) is 24.5 Å². The lowest BCUT2D eigenvalue weighted by Gasteiger charge is -2.22. The molecule has 162 valence electrons. The zero-order valence-electron chi connectivity index (χ0n) is 17.4. The van der Waals surface area contributed by atoms with E-state index in [4.69, 9.17) is 9.47 Å². The maximum Gasteiger partial charge on any atom is 0.410 e. The Morgan fingerprint density at radius 3 is 2.09 bits per heavy atom. The molecular weight excluding hydrogens is 406 g/mol. The molecule has 3 aromatic rings. The van der Waals surface area contributed by atoms with E-state index in [1.54, 1.807) is 0 Å². The first-order chi connectivity index (χ1) is 15.6. The highest BCUT2D eigenvalue weighted by Gasteiger charge is 2.42. The van der Waals surface area contributed by atoms with E-state index in [2.05, 4.69) is 12.1 Å². The van der Waals surface area contributed by atoms with Gasteiger partial charge in [0.2, 0.25) is 0 Å². The van der Waals surface area contributed by atoms with Gasteiger partial charge >= 0.3 is 12.1 Å². The zero-order valence-corrected chi connectivity index (χ0v) is 17.4. The predicted molar refractivity (Wildman–Crippen MR) is 119 cm³/mol. The first kappa shape index (κ1) is 20.1. The third-order valence-electron chi connectivity index (χ3n) is 6.16. The molecule has 0 unspecified atom stereocenters. The van der Waals surface area contributed by atoms with Crippen LogP contribution in [0.4, 0.5) is 4.79 Å². The number of benzene rings is 3. The average Bonchev–Trinajstić information content (AvgIpc) is 3.38. The summed E-state index contributed by atoms with van der Waals surface area (Å²) in [7, 11) is 0. The number of aliphatic carboxylic acids is 1. The maximum absolute atomic E-state index is 12.9. The Morgan fingerprint density at radius 1 is 0.875 bits per heavy atom. The molecule has 1 saturated heterocycles. The van der Waals surface area contributed by atoms with Crippen molar-refractivity contribution in [2.24, 2.45) is 0 Å². The summed E-state index contributed by atoms with van der Waals surface area (Å²) in [5.74, 6) is -0.484. The molecule has 0 spiro atoms. The van der Waals surface area contributed by atoms with E-state index in [-0.39, 0.29) is 25.5 Å². The second-order valence-electron chi connectivity index (χ2n) is 8.10. The van der Waals surface area contributed by atoms with Gasteiger partial charge in [0.1, 0.15) is 24.5 Å². The summed E-state index contributed by atoms with van der Waals surface area (Å²) in [4.78, 5) is 26.0. The van der Waals surface area contributed by atoms with Crippen molar-refractivity contribution in [2.75, 3.05) is 13.2 Å². The van der Waals surface area contributed by atoms with Crippen LogP contribution in [-0.4, -0.2) is 47.4 Å². The molecule has 6 heteroatoms. The molecule has 0 saturated carbocycles. The van der Waals surface area contributed by atoms with Gasteiger partial charge < -0.3 is 14.6 Å². The molecule has 3 aromatic carbocycles. The third-order valence-corrected chi connectivity index (χ3v) is 6.16. The predicted octanol–water partition coefficient (Wildman–Crippen LogP) is 4.54. The molecule has 0 aromatic heterocycles. The van der Waals surface area contributed by atoms with Crippen molar-refractivity contribution >= 4 is 12.1 Å². The molecule has 32 heavy (non-hydrogen) atoms. The average molecular weight is 429 g/mol. The van der Waals surface area contributed by atoms with Crippen LogP contribution in [0, 0.1) is 0 Å². The lowest BCUT2D eigenvalue weighted by Crippen LogP contribution is -2.41. The van der Waals surface area contributed by atoms with Crippen LogP contribution in [0.25, 0.3) is 11.1 Å². The molecular formula is C26H23NO5. The smallest absolute Gasteiger partial charge is 0.410 e. The third kappa shape index (κ3) is 3.68. The van der Waals surface area contributed by atoms with Crippen molar-refractivity contribution in [3.8, 4) is 16.9 Å². The van der Waals surface area contributed by atoms with Crippen molar-refractivity contribution in [3.05, 3.63) is 90.0 Å². The topological polar surface area (TPSA) is 76.1 Å². The van der Waals surface area contributed by atoms with Gasteiger partial charge in [-0.25, -0.2) is 9.59 Å². The summed E-state index contributed by atoms with van der Waals surface area (Å²) in [6.07, 6.45) is -0.813. The largest absolute Gasteiger partial charge is 0.488 e. The molecule has 1 fully saturated rings. The minimum absolute atomic E-state index is 0.0754. The minimum Gasteiger partial charge on any atom is -0.488 e. The molecule has 5 rings (SSSR count). The molecule has 1 N–H and O–H groups in total. The van der Waals surface area contributed by atoms with Gasteiger partial charge in [-0.3, -0.25) is 4.90 Å². The maximum atomic E-state index is 12.9. The number of carbonyl (C=O) groups is 2. The lowest BCUT2D eigenvalue weighted by atomic mass is 9.98. The molecule has 1 aliphatic heterocycles. The summed E-state index contributed by atoms with van der Waals surface area (Å²) >= 11 is 0. The van der Waals surface area contributed by atoms with Crippen molar-refractivity contribution in [3.63, 3.8) is 0 Å². The van der Waals surface area contributed by atoms with Gasteiger partial charge in [0, 0.05) is 12.3 Å². The first-order valence-corrected chi connectivity index (χ1v) is 10.7. The van der Waals surface area contributed by atoms with Crippen LogP contribution in [0.15, 0.2) is 78.9 Å². The molecule has 0 bridgehead atoms. The number of carboxylic acid groups (broad SMARTS) is 1. The Bertz CT molecular complexity index is 1100. The van der Waals surface area contributed by atoms with Gasteiger partial charge in [0.15, 0.2) is 0 Å². The number of hydrogen-bond acceptors (Lipinski definition) is 4. The van der Waals surface area contributed by atoms with Crippen LogP contribution in [0.5, 0.6) is 5.75 Å². The molecule has 2 aliphatic rings. The van der Waals surface area contributed by atoms with Crippen molar-refractivity contribution in [1.29, 1.82) is 0 Å². The number of ether oxygens (including phenoxy) is 2. The minimum atomic E-state index is -1.06. The van der Waals surface area contributed by atoms with Crippen LogP contribution in [0.2, 0.25) is 0 Å². The molecule has 0 radical (unpaired) electrons. The zero-order chi connectivity index (χ0) is 22.1. The van der Waals surface area contributed by atoms with E-state index in [0.29, 0.717) is 5.75 Å². The Morgan fingerprint density at radius 2 is 1.47 bits per heavy atom. The standard InChI is InChI=1S/C26H23NO5/c28-25(29)24-14-18(32-17-8-2-1-3-9-17)15-27(24)26(30)31-16-23-21-12-6-4-10-19(21)20-11-5-7-13-22(20)23/h1-13,18,23-24H,14-16H2,(H,28,29)/t18-,24+/m0/s1. The summed E-state index contributed by atoms with van der Waals surface area (Å²) in [5, 5.41) is 9.65. The van der Waals surface area contributed by atoms with E-state index >= 15 is 0 Å². The highest BCUT2D eigenvalue weighted by Crippen LogP contribution is 2.44. The Kier molecular flexibility index (Phi) is 5.27. The van der Waals surface area contributed by atoms with E-state index in [9.17, 15) is 14.7 Å². The van der Waals surface area contributed by atoms with Gasteiger partial charge in [-0.05, 0) is 34.4 Å². The molecule has 6 nitrogen and oxygen atoms in total. The Labute approximate surface area is 186 Å². The number of likely N-dealkylation sites (tertiary alicyclic amines) is 1. The number of carbonyl (C=O) groups excluding carboxylic acids is 1. The van der Waals surface area contributed by atoms with Crippen LogP contribution < -0.4 is 4.74 Å². The highest BCUT2D eigenvalue weighted by molar-refractivity contribution is 5.81. The van der Waals surface area contributed by atoms with Crippen molar-refractivity contribution in [1.82, 2.24) is 4.90 Å². The number of hydrogen-bond donors (Lipinski definition) is 1. The summed E-state index contributed by atoms with van der Waals surface area (Å²) in [6, 6.07) is 24.4. The SMILES string of the molecule is O=C(O)[C@H]1C[C@H](Oc2ccccc2)CN1C(=O)OCC1c2ccccc2-c2ccccc21. The van der Waals surface area contributed by atoms with Crippen LogP contribution in [-0.2, 0) is 9.53 Å². The Hall–Kier alpha value is -3.80. The van der Waals surface area contributed by atoms with E-state index < -0.39 is 24.2 Å². The fraction of sp³-hybridized carbons (Fsp3) is 0.231. The van der Waals surface area contributed by atoms with Gasteiger partial charge in [-0.15, -0.1) is 0 Å². The summed E-state index contributed by atoms with van der Waals surface area (Å²) < 4.78 is 11.6. The number of rotatable bonds is 5. The van der Waals surface area contributed by atoms with Crippen LogP contribution in [0.3, 0.4) is 0 Å². The van der Waals surface area contributed by atoms with E-state index in [1.165, 1.54) is 4.90 Å². The quantitative estimate of drug-likeness (QED) is 0.644. The summed E-state index contributed by atoms with van der Waals surface area (Å²) in [5.41, 5.74) is 4.51. The molecule has 2 atom stereocenters. The fourth-order valence-corrected chi connectivity index (χ4v) is 4.69. The monoisotopic (exact) mass is 429 g/mol. The normalized spacial score (nSPS) is 19.3. The molecule has 1 heterocycles. The summed E-state index contributed by atoms with van der Waals surface area (Å²) in [6.45, 7) is 0.322. The van der Waals surface area contributed by atoms with Gasteiger partial charge in [0.05, 0.1) is 6.54 Å². The van der Waals surface area contributed by atoms with E-state index in [1.807, 2.05) is 66.7 Å². The number of para-hydroxylation sites is 1. The second-order valence-corrected chi connectivity index (χ2v) is 8.10.